The van der Waals surface area contributed by atoms with Crippen molar-refractivity contribution in [3.63, 3.8) is 0 Å². The Bertz CT molecular complexity index is 1360. The number of fused-ring (bicyclic) bond motifs is 1. The highest BCUT2D eigenvalue weighted by Gasteiger charge is 2.18. The van der Waals surface area contributed by atoms with Gasteiger partial charge in [-0.1, -0.05) is 65.0 Å². The van der Waals surface area contributed by atoms with Crippen LogP contribution in [0.5, 0.6) is 5.75 Å². The van der Waals surface area contributed by atoms with Crippen molar-refractivity contribution in [3.8, 4) is 5.75 Å². The highest BCUT2D eigenvalue weighted by molar-refractivity contribution is 9.10. The number of halogens is 1. The van der Waals surface area contributed by atoms with Crippen LogP contribution in [0.3, 0.4) is 0 Å². The van der Waals surface area contributed by atoms with Crippen LogP contribution < -0.4 is 15.2 Å². The summed E-state index contributed by atoms with van der Waals surface area (Å²) in [4.78, 5) is 12.4. The van der Waals surface area contributed by atoms with Crippen molar-refractivity contribution in [3.05, 3.63) is 105 Å². The zero-order valence-electron chi connectivity index (χ0n) is 19.2. The van der Waals surface area contributed by atoms with Crippen LogP contribution in [0, 0.1) is 6.92 Å². The molecule has 0 bridgehead atoms. The number of carbonyl (C=O) groups is 1. The van der Waals surface area contributed by atoms with Gasteiger partial charge in [-0.2, -0.15) is 0 Å². The number of carbonyl (C=O) groups excluding carboxylic acids is 1. The third kappa shape index (κ3) is 4.93. The zero-order chi connectivity index (χ0) is 24.2. The van der Waals surface area contributed by atoms with Crippen LogP contribution in [0.15, 0.2) is 71.7 Å². The minimum absolute atomic E-state index is 0.196. The van der Waals surface area contributed by atoms with Gasteiger partial charge in [0.25, 0.3) is 0 Å². The molecule has 0 amide bonds. The van der Waals surface area contributed by atoms with Gasteiger partial charge in [0.2, 0.25) is 0 Å². The van der Waals surface area contributed by atoms with Gasteiger partial charge in [0.05, 0.1) is 18.8 Å². The Kier molecular flexibility index (Phi) is 7.20. The van der Waals surface area contributed by atoms with E-state index in [1.807, 2.05) is 72.2 Å². The number of hydrogen-bond acceptors (Lipinski definition) is 4. The first-order chi connectivity index (χ1) is 16.4. The first kappa shape index (κ1) is 23.8. The van der Waals surface area contributed by atoms with E-state index in [1.54, 1.807) is 13.2 Å². The van der Waals surface area contributed by atoms with E-state index in [-0.39, 0.29) is 5.69 Å². The molecule has 0 aliphatic rings. The third-order valence-electron chi connectivity index (χ3n) is 5.93. The highest BCUT2D eigenvalue weighted by atomic mass is 79.9. The summed E-state index contributed by atoms with van der Waals surface area (Å²) in [6, 6.07) is 19.8. The molecule has 34 heavy (non-hydrogen) atoms. The monoisotopic (exact) mass is 517 g/mol. The molecule has 0 atom stereocenters. The number of ether oxygens (including phenoxy) is 1. The lowest BCUT2D eigenvalue weighted by molar-refractivity contribution is -0.255. The first-order valence-electron chi connectivity index (χ1n) is 11.0. The second-order valence-electron chi connectivity index (χ2n) is 8.23. The summed E-state index contributed by atoms with van der Waals surface area (Å²) < 4.78 is 8.26. The Morgan fingerprint density at radius 2 is 1.88 bits per heavy atom. The summed E-state index contributed by atoms with van der Waals surface area (Å²) in [5, 5.41) is 16.7. The number of hydrogen-bond donors (Lipinski definition) is 1. The third-order valence-corrected chi connectivity index (χ3v) is 6.43. The van der Waals surface area contributed by atoms with Crippen LogP contribution >= 0.6 is 15.9 Å². The second kappa shape index (κ2) is 10.3. The lowest BCUT2D eigenvalue weighted by Crippen LogP contribution is -2.28. The number of carboxylic acids is 1. The number of rotatable bonds is 9. The molecule has 1 aromatic heterocycles. The van der Waals surface area contributed by atoms with E-state index in [0.29, 0.717) is 25.2 Å². The number of aromatic nitrogens is 1. The normalized spacial score (nSPS) is 11.0. The van der Waals surface area contributed by atoms with Gasteiger partial charge in [-0.05, 0) is 47.9 Å². The van der Waals surface area contributed by atoms with Crippen LogP contribution in [0.2, 0.25) is 0 Å². The van der Waals surface area contributed by atoms with Gasteiger partial charge in [-0.3, -0.25) is 0 Å². The molecule has 1 heterocycles. The first-order valence-corrected chi connectivity index (χ1v) is 11.8. The van der Waals surface area contributed by atoms with Crippen LogP contribution in [-0.2, 0) is 19.6 Å². The Hall–Kier alpha value is -3.35. The van der Waals surface area contributed by atoms with Crippen molar-refractivity contribution in [2.45, 2.75) is 26.6 Å². The summed E-state index contributed by atoms with van der Waals surface area (Å²) in [7, 11) is 1.64. The lowest BCUT2D eigenvalue weighted by atomic mass is 10.1. The fourth-order valence-corrected chi connectivity index (χ4v) is 4.67. The summed E-state index contributed by atoms with van der Waals surface area (Å²) in [5.74, 6) is -0.412. The van der Waals surface area contributed by atoms with E-state index in [1.165, 1.54) is 0 Å². The number of methoxy groups -OCH3 is 1. The number of nitrogens with zero attached hydrogens (tertiary/aromatic N) is 1. The van der Waals surface area contributed by atoms with Gasteiger partial charge >= 0.3 is 0 Å². The van der Waals surface area contributed by atoms with Gasteiger partial charge in [0, 0.05) is 46.1 Å². The van der Waals surface area contributed by atoms with Crippen LogP contribution in [0.4, 0.5) is 0 Å². The molecule has 0 radical (unpaired) electrons. The fraction of sp³-hybridized carbons (Fsp3) is 0.179. The van der Waals surface area contributed by atoms with Gasteiger partial charge in [-0.25, -0.2) is 0 Å². The molecule has 0 aliphatic carbocycles. The van der Waals surface area contributed by atoms with Gasteiger partial charge in [0.15, 0.2) is 0 Å². The Labute approximate surface area is 207 Å². The molecule has 0 spiro atoms. The molecule has 3 aromatic carbocycles. The van der Waals surface area contributed by atoms with Crippen molar-refractivity contribution in [1.29, 1.82) is 0 Å². The average molecular weight is 518 g/mol. The Balaban J connectivity index is 1.71. The summed E-state index contributed by atoms with van der Waals surface area (Å²) in [6.45, 7) is 7.13. The van der Waals surface area contributed by atoms with Crippen molar-refractivity contribution in [1.82, 2.24) is 9.88 Å². The van der Waals surface area contributed by atoms with E-state index in [2.05, 4.69) is 27.8 Å². The van der Waals surface area contributed by atoms with Crippen molar-refractivity contribution >= 4 is 38.9 Å². The number of carboxylic acid groups (broad SMARTS) is 1. The SMILES string of the molecule is C=Cc1ccc(Cn2c(C(=O)[O-])c(CNCc3cc(Br)ccc3OC)c3ccc(C)cc32)cc1. The van der Waals surface area contributed by atoms with Gasteiger partial charge in [-0.15, -0.1) is 0 Å². The standard InChI is InChI=1S/C28H27BrN2O3/c1-4-19-6-8-20(9-7-19)17-31-25-13-18(2)5-11-23(25)24(27(31)28(32)33)16-30-15-21-14-22(29)10-12-26(21)34-3/h4-14,30H,1,15-17H2,2-3H3,(H,32,33)/p-1. The minimum Gasteiger partial charge on any atom is -0.543 e. The molecule has 6 heteroatoms. The van der Waals surface area contributed by atoms with Gasteiger partial charge < -0.3 is 24.5 Å². The molecule has 0 aliphatic heterocycles. The maximum atomic E-state index is 12.4. The number of benzene rings is 3. The molecule has 174 valence electrons. The van der Waals surface area contributed by atoms with E-state index >= 15 is 0 Å². The number of aryl methyl sites for hydroxylation is 1. The molecule has 1 N–H and O–H groups in total. The van der Waals surface area contributed by atoms with Crippen molar-refractivity contribution < 1.29 is 14.6 Å². The minimum atomic E-state index is -1.19. The Morgan fingerprint density at radius 3 is 2.56 bits per heavy atom. The quantitative estimate of drug-likeness (QED) is 0.336. The molecule has 5 nitrogen and oxygen atoms in total. The van der Waals surface area contributed by atoms with E-state index in [4.69, 9.17) is 4.74 Å². The fourth-order valence-electron chi connectivity index (χ4n) is 4.26. The average Bonchev–Trinajstić information content (AvgIpc) is 3.12. The van der Waals surface area contributed by atoms with Crippen molar-refractivity contribution in [2.24, 2.45) is 0 Å². The van der Waals surface area contributed by atoms with E-state index < -0.39 is 5.97 Å². The maximum Gasteiger partial charge on any atom is 0.123 e. The van der Waals surface area contributed by atoms with Crippen LogP contribution in [0.25, 0.3) is 17.0 Å². The molecular formula is C28H26BrN2O3-. The van der Waals surface area contributed by atoms with Gasteiger partial charge in [0.1, 0.15) is 5.75 Å². The smallest absolute Gasteiger partial charge is 0.123 e. The number of aromatic carboxylic acids is 1. The predicted octanol–water partition coefficient (Wildman–Crippen LogP) is 5.07. The van der Waals surface area contributed by atoms with E-state index in [9.17, 15) is 9.90 Å². The van der Waals surface area contributed by atoms with Crippen molar-refractivity contribution in [2.75, 3.05) is 7.11 Å². The maximum absolute atomic E-state index is 12.4. The summed E-state index contributed by atoms with van der Waals surface area (Å²) in [5.41, 5.74) is 5.86. The lowest BCUT2D eigenvalue weighted by Gasteiger charge is -2.14. The predicted molar refractivity (Wildman–Crippen MR) is 138 cm³/mol. The molecular weight excluding hydrogens is 492 g/mol. The summed E-state index contributed by atoms with van der Waals surface area (Å²) >= 11 is 3.50. The van der Waals surface area contributed by atoms with E-state index in [0.717, 1.165) is 43.4 Å². The highest BCUT2D eigenvalue weighted by Crippen LogP contribution is 2.29. The topological polar surface area (TPSA) is 66.3 Å². The van der Waals surface area contributed by atoms with Crippen LogP contribution in [-0.4, -0.2) is 17.6 Å². The Morgan fingerprint density at radius 1 is 1.12 bits per heavy atom. The molecule has 4 aromatic rings. The van der Waals surface area contributed by atoms with Crippen LogP contribution in [0.1, 0.15) is 38.3 Å². The summed E-state index contributed by atoms with van der Waals surface area (Å²) in [6.07, 6.45) is 1.79. The molecule has 0 saturated carbocycles. The second-order valence-corrected chi connectivity index (χ2v) is 9.14. The largest absolute Gasteiger partial charge is 0.543 e. The molecule has 0 saturated heterocycles. The molecule has 0 fully saturated rings. The molecule has 0 unspecified atom stereocenters. The molecule has 4 rings (SSSR count). The number of nitrogens with one attached hydrogen (secondary N) is 1. The zero-order valence-corrected chi connectivity index (χ0v) is 20.8.